The normalized spacial score (nSPS) is 17.5. The van der Waals surface area contributed by atoms with Crippen LogP contribution in [0, 0.1) is 12.8 Å². The van der Waals surface area contributed by atoms with Crippen LogP contribution >= 0.6 is 11.8 Å². The highest BCUT2D eigenvalue weighted by atomic mass is 32.2. The van der Waals surface area contributed by atoms with Gasteiger partial charge in [-0.2, -0.15) is 11.8 Å². The highest BCUT2D eigenvalue weighted by Gasteiger charge is 2.23. The Balaban J connectivity index is 2.01. The van der Waals surface area contributed by atoms with Crippen molar-refractivity contribution < 1.29 is 12.8 Å². The number of thioether (sulfide) groups is 1. The topological polar surface area (TPSA) is 71.3 Å². The van der Waals surface area contributed by atoms with E-state index in [4.69, 9.17) is 4.42 Å². The largest absolute Gasteiger partial charge is 0.464 e. The van der Waals surface area contributed by atoms with E-state index >= 15 is 0 Å². The lowest BCUT2D eigenvalue weighted by atomic mass is 10.0. The van der Waals surface area contributed by atoms with Gasteiger partial charge in [0.15, 0.2) is 0 Å². The van der Waals surface area contributed by atoms with Crippen molar-refractivity contribution in [2.75, 3.05) is 25.1 Å². The highest BCUT2D eigenvalue weighted by Crippen LogP contribution is 2.24. The lowest BCUT2D eigenvalue weighted by Gasteiger charge is -2.21. The summed E-state index contributed by atoms with van der Waals surface area (Å²) in [6.07, 6.45) is 2.17. The first-order valence-electron chi connectivity index (χ1n) is 6.84. The molecule has 1 aromatic rings. The Bertz CT molecular complexity index is 534. The SMILES string of the molecule is CNCc1cc(S(=O)(=O)NCC2CCSCC2)c(C)o1. The molecule has 0 saturated carbocycles. The van der Waals surface area contributed by atoms with Crippen LogP contribution in [0.5, 0.6) is 0 Å². The number of furan rings is 1. The summed E-state index contributed by atoms with van der Waals surface area (Å²) >= 11 is 1.94. The van der Waals surface area contributed by atoms with Crippen LogP contribution in [-0.4, -0.2) is 33.5 Å². The molecule has 1 aliphatic heterocycles. The number of aryl methyl sites for hydroxylation is 1. The van der Waals surface area contributed by atoms with E-state index in [9.17, 15) is 8.42 Å². The maximum absolute atomic E-state index is 12.3. The Labute approximate surface area is 124 Å². The van der Waals surface area contributed by atoms with Gasteiger partial charge in [-0.15, -0.1) is 0 Å². The Morgan fingerprint density at radius 2 is 2.10 bits per heavy atom. The molecule has 2 rings (SSSR count). The van der Waals surface area contributed by atoms with Crippen LogP contribution < -0.4 is 10.0 Å². The van der Waals surface area contributed by atoms with Crippen LogP contribution in [0.15, 0.2) is 15.4 Å². The summed E-state index contributed by atoms with van der Waals surface area (Å²) in [5, 5.41) is 2.95. The van der Waals surface area contributed by atoms with E-state index in [2.05, 4.69) is 10.0 Å². The molecule has 1 aromatic heterocycles. The lowest BCUT2D eigenvalue weighted by Crippen LogP contribution is -2.31. The molecule has 0 amide bonds. The molecule has 0 spiro atoms. The minimum atomic E-state index is -3.47. The average molecular weight is 318 g/mol. The van der Waals surface area contributed by atoms with Crippen molar-refractivity contribution in [2.45, 2.75) is 31.2 Å². The molecule has 0 aliphatic carbocycles. The fraction of sp³-hybridized carbons (Fsp3) is 0.692. The minimum absolute atomic E-state index is 0.257. The molecule has 2 heterocycles. The molecule has 0 unspecified atom stereocenters. The van der Waals surface area contributed by atoms with Gasteiger partial charge >= 0.3 is 0 Å². The standard InChI is InChI=1S/C13H22N2O3S2/c1-10-13(7-12(18-10)9-14-2)20(16,17)15-8-11-3-5-19-6-4-11/h7,11,14-15H,3-6,8-9H2,1-2H3. The van der Waals surface area contributed by atoms with Crippen molar-refractivity contribution in [2.24, 2.45) is 5.92 Å². The van der Waals surface area contributed by atoms with Crippen LogP contribution in [0.1, 0.15) is 24.4 Å². The van der Waals surface area contributed by atoms with Crippen LogP contribution in [0.3, 0.4) is 0 Å². The fourth-order valence-electron chi connectivity index (χ4n) is 2.31. The molecule has 1 fully saturated rings. The van der Waals surface area contributed by atoms with Crippen molar-refractivity contribution in [1.82, 2.24) is 10.0 Å². The third kappa shape index (κ3) is 4.00. The van der Waals surface area contributed by atoms with Crippen LogP contribution in [0.4, 0.5) is 0 Å². The fourth-order valence-corrected chi connectivity index (χ4v) is 4.83. The van der Waals surface area contributed by atoms with Gasteiger partial charge in [-0.05, 0) is 44.2 Å². The Morgan fingerprint density at radius 3 is 2.75 bits per heavy atom. The number of sulfonamides is 1. The zero-order valence-electron chi connectivity index (χ0n) is 11.9. The molecular weight excluding hydrogens is 296 g/mol. The van der Waals surface area contributed by atoms with Crippen molar-refractivity contribution in [3.8, 4) is 0 Å². The van der Waals surface area contributed by atoms with E-state index in [0.29, 0.717) is 30.5 Å². The third-order valence-corrected chi connectivity index (χ3v) is 6.05. The first kappa shape index (κ1) is 15.9. The van der Waals surface area contributed by atoms with Crippen LogP contribution in [0.2, 0.25) is 0 Å². The van der Waals surface area contributed by atoms with Crippen LogP contribution in [0.25, 0.3) is 0 Å². The molecule has 20 heavy (non-hydrogen) atoms. The monoisotopic (exact) mass is 318 g/mol. The predicted octanol–water partition coefficient (Wildman–Crippen LogP) is 1.73. The van der Waals surface area contributed by atoms with E-state index < -0.39 is 10.0 Å². The molecule has 2 N–H and O–H groups in total. The molecule has 0 bridgehead atoms. The van der Waals surface area contributed by atoms with Crippen molar-refractivity contribution in [3.63, 3.8) is 0 Å². The lowest BCUT2D eigenvalue weighted by molar-refractivity contribution is 0.463. The minimum Gasteiger partial charge on any atom is -0.464 e. The maximum atomic E-state index is 12.3. The Kier molecular flexibility index (Phi) is 5.54. The van der Waals surface area contributed by atoms with Crippen molar-refractivity contribution >= 4 is 21.8 Å². The quantitative estimate of drug-likeness (QED) is 0.836. The van der Waals surface area contributed by atoms with Crippen LogP contribution in [-0.2, 0) is 16.6 Å². The molecular formula is C13H22N2O3S2. The summed E-state index contributed by atoms with van der Waals surface area (Å²) in [6.45, 7) is 2.73. The molecule has 1 saturated heterocycles. The van der Waals surface area contributed by atoms with E-state index in [1.54, 1.807) is 20.0 Å². The summed E-state index contributed by atoms with van der Waals surface area (Å²) in [6, 6.07) is 1.60. The molecule has 0 radical (unpaired) electrons. The number of rotatable bonds is 6. The second-order valence-electron chi connectivity index (χ2n) is 5.07. The van der Waals surface area contributed by atoms with Crippen molar-refractivity contribution in [1.29, 1.82) is 0 Å². The summed E-state index contributed by atoms with van der Waals surface area (Å²) in [7, 11) is -1.67. The molecule has 1 aliphatic rings. The van der Waals surface area contributed by atoms with Gasteiger partial charge in [-0.3, -0.25) is 0 Å². The molecule has 0 aromatic carbocycles. The Morgan fingerprint density at radius 1 is 1.40 bits per heavy atom. The van der Waals surface area contributed by atoms with E-state index in [1.165, 1.54) is 0 Å². The van der Waals surface area contributed by atoms with Gasteiger partial charge in [0.25, 0.3) is 0 Å². The zero-order valence-corrected chi connectivity index (χ0v) is 13.6. The molecule has 5 nitrogen and oxygen atoms in total. The summed E-state index contributed by atoms with van der Waals surface area (Å²) in [5.74, 6) is 3.80. The van der Waals surface area contributed by atoms with Gasteiger partial charge in [-0.1, -0.05) is 0 Å². The first-order valence-corrected chi connectivity index (χ1v) is 9.48. The van der Waals surface area contributed by atoms with Gasteiger partial charge in [-0.25, -0.2) is 13.1 Å². The Hall–Kier alpha value is -0.500. The second-order valence-corrected chi connectivity index (χ2v) is 8.03. The first-order chi connectivity index (χ1) is 9.53. The summed E-state index contributed by atoms with van der Waals surface area (Å²) in [4.78, 5) is 0.257. The summed E-state index contributed by atoms with van der Waals surface area (Å²) in [5.41, 5.74) is 0. The number of hydrogen-bond acceptors (Lipinski definition) is 5. The van der Waals surface area contributed by atoms with E-state index in [-0.39, 0.29) is 4.90 Å². The maximum Gasteiger partial charge on any atom is 0.244 e. The van der Waals surface area contributed by atoms with Gasteiger partial charge in [0.2, 0.25) is 10.0 Å². The second kappa shape index (κ2) is 6.98. The van der Waals surface area contributed by atoms with Crippen molar-refractivity contribution in [3.05, 3.63) is 17.6 Å². The average Bonchev–Trinajstić information content (AvgIpc) is 2.80. The van der Waals surface area contributed by atoms with Gasteiger partial charge in [0.1, 0.15) is 16.4 Å². The number of nitrogens with one attached hydrogen (secondary N) is 2. The summed E-state index contributed by atoms with van der Waals surface area (Å²) < 4.78 is 32.8. The van der Waals surface area contributed by atoms with Gasteiger partial charge in [0.05, 0.1) is 6.54 Å². The predicted molar refractivity (Wildman–Crippen MR) is 81.4 cm³/mol. The smallest absolute Gasteiger partial charge is 0.244 e. The van der Waals surface area contributed by atoms with E-state index in [0.717, 1.165) is 24.3 Å². The zero-order chi connectivity index (χ0) is 14.6. The van der Waals surface area contributed by atoms with E-state index in [1.807, 2.05) is 11.8 Å². The number of hydrogen-bond donors (Lipinski definition) is 2. The third-order valence-electron chi connectivity index (χ3n) is 3.47. The molecule has 114 valence electrons. The molecule has 0 atom stereocenters. The highest BCUT2D eigenvalue weighted by molar-refractivity contribution is 7.99. The van der Waals surface area contributed by atoms with Gasteiger partial charge in [0, 0.05) is 12.6 Å². The van der Waals surface area contributed by atoms with Gasteiger partial charge < -0.3 is 9.73 Å². The molecule has 7 heteroatoms.